The summed E-state index contributed by atoms with van der Waals surface area (Å²) < 4.78 is 43.1. The summed E-state index contributed by atoms with van der Waals surface area (Å²) in [5.74, 6) is -1.32. The fourth-order valence-corrected chi connectivity index (χ4v) is 7.20. The number of carbonyl (C=O) groups is 2. The first kappa shape index (κ1) is 34.6. The number of aliphatic carboxylic acids is 1. The van der Waals surface area contributed by atoms with E-state index in [1.807, 2.05) is 4.90 Å². The molecule has 0 aliphatic carbocycles. The van der Waals surface area contributed by atoms with Crippen LogP contribution in [0.3, 0.4) is 0 Å². The Kier molecular flexibility index (Phi) is 11.4. The molecule has 0 amide bonds. The molecular formula is C31H37ClF3N5O4S. The summed E-state index contributed by atoms with van der Waals surface area (Å²) in [7, 11) is 0. The number of carboxylic acids is 1. The van der Waals surface area contributed by atoms with Crippen molar-refractivity contribution in [3.63, 3.8) is 0 Å². The molecule has 3 aromatic rings. The van der Waals surface area contributed by atoms with Crippen molar-refractivity contribution < 1.29 is 32.6 Å². The number of carbonyl (C=O) groups excluding carboxylic acids is 1. The maximum Gasteiger partial charge on any atom is 0.573 e. The Morgan fingerprint density at radius 3 is 2.51 bits per heavy atom. The van der Waals surface area contributed by atoms with Crippen LogP contribution in [0.4, 0.5) is 19.0 Å². The molecule has 9 nitrogen and oxygen atoms in total. The maximum absolute atomic E-state index is 13.2. The number of hydrogen-bond acceptors (Lipinski definition) is 9. The van der Waals surface area contributed by atoms with Gasteiger partial charge in [-0.2, -0.15) is 0 Å². The van der Waals surface area contributed by atoms with E-state index < -0.39 is 18.1 Å². The zero-order valence-corrected chi connectivity index (χ0v) is 25.7. The number of benzene rings is 1. The monoisotopic (exact) mass is 667 g/mol. The first-order valence-electron chi connectivity index (χ1n) is 14.6. The Morgan fingerprint density at radius 1 is 1.11 bits per heavy atom. The van der Waals surface area contributed by atoms with Gasteiger partial charge in [-0.05, 0) is 56.8 Å². The number of piperidine rings is 1. The molecule has 1 aromatic carbocycles. The third-order valence-corrected chi connectivity index (χ3v) is 9.25. The lowest BCUT2D eigenvalue weighted by molar-refractivity contribution is -0.274. The third kappa shape index (κ3) is 8.92. The second kappa shape index (κ2) is 14.9. The molecule has 0 radical (unpaired) electrons. The zero-order chi connectivity index (χ0) is 31.4. The zero-order valence-electron chi connectivity index (χ0n) is 24.1. The number of ketones is 1. The van der Waals surface area contributed by atoms with Crippen molar-refractivity contribution in [3.8, 4) is 17.0 Å². The van der Waals surface area contributed by atoms with E-state index in [4.69, 9.17) is 16.6 Å². The lowest BCUT2D eigenvalue weighted by atomic mass is 9.97. The van der Waals surface area contributed by atoms with E-state index >= 15 is 0 Å². The minimum absolute atomic E-state index is 0. The van der Waals surface area contributed by atoms with Crippen LogP contribution in [0.1, 0.15) is 73.2 Å². The molecule has 2 aliphatic rings. The van der Waals surface area contributed by atoms with E-state index in [1.165, 1.54) is 29.8 Å². The average Bonchev–Trinajstić information content (AvgIpc) is 3.58. The van der Waals surface area contributed by atoms with E-state index in [-0.39, 0.29) is 36.3 Å². The van der Waals surface area contributed by atoms with Crippen LogP contribution in [-0.2, 0) is 17.8 Å². The predicted octanol–water partition coefficient (Wildman–Crippen LogP) is 7.28. The summed E-state index contributed by atoms with van der Waals surface area (Å²) in [6.07, 6.45) is 3.27. The first-order chi connectivity index (χ1) is 21.0. The Labute approximate surface area is 269 Å². The molecule has 0 spiro atoms. The number of ether oxygens (including phenoxy) is 1. The van der Waals surface area contributed by atoms with Crippen molar-refractivity contribution in [1.29, 1.82) is 0 Å². The molecule has 2 aromatic heterocycles. The number of carboxylic acid groups (broad SMARTS) is 1. The van der Waals surface area contributed by atoms with Crippen LogP contribution < -0.4 is 9.64 Å². The normalized spacial score (nSPS) is 17.7. The molecular weight excluding hydrogens is 631 g/mol. The number of nitrogens with zero attached hydrogens (tertiary/aromatic N) is 5. The fraction of sp³-hybridized carbons (Fsp3) is 0.516. The van der Waals surface area contributed by atoms with Gasteiger partial charge in [0.15, 0.2) is 5.78 Å². The highest BCUT2D eigenvalue weighted by Gasteiger charge is 2.32. The maximum atomic E-state index is 13.2. The molecule has 0 bridgehead atoms. The number of rotatable bonds is 11. The van der Waals surface area contributed by atoms with E-state index in [2.05, 4.69) is 26.5 Å². The lowest BCUT2D eigenvalue weighted by Gasteiger charge is -2.30. The topological polar surface area (TPSA) is 109 Å². The Balaban J connectivity index is 0.00000461. The summed E-state index contributed by atoms with van der Waals surface area (Å²) in [5, 5.41) is 9.80. The number of Topliss-reactive ketones (excluding diaryl/α,β-unsaturated/α-hetero) is 1. The Bertz CT molecular complexity index is 1480. The highest BCUT2D eigenvalue weighted by Crippen LogP contribution is 2.37. The van der Waals surface area contributed by atoms with Crippen molar-refractivity contribution in [1.82, 2.24) is 19.9 Å². The molecule has 45 heavy (non-hydrogen) atoms. The van der Waals surface area contributed by atoms with Crippen LogP contribution in [0.15, 0.2) is 30.6 Å². The smallest absolute Gasteiger partial charge is 0.481 e. The van der Waals surface area contributed by atoms with E-state index in [0.717, 1.165) is 43.2 Å². The van der Waals surface area contributed by atoms with E-state index in [9.17, 15) is 27.9 Å². The second-order valence-electron chi connectivity index (χ2n) is 11.1. The van der Waals surface area contributed by atoms with Crippen LogP contribution >= 0.6 is 22.9 Å². The van der Waals surface area contributed by atoms with Gasteiger partial charge in [0.1, 0.15) is 22.3 Å². The van der Waals surface area contributed by atoms with Gasteiger partial charge in [0.2, 0.25) is 0 Å². The Hall–Kier alpha value is -3.29. The van der Waals surface area contributed by atoms with Crippen LogP contribution in [0.2, 0.25) is 5.02 Å². The summed E-state index contributed by atoms with van der Waals surface area (Å²) in [6, 6.07) is 4.32. The number of anilines is 1. The van der Waals surface area contributed by atoms with Crippen molar-refractivity contribution >= 4 is 40.5 Å². The molecule has 14 heteroatoms. The van der Waals surface area contributed by atoms with Gasteiger partial charge in [-0.15, -0.1) is 24.5 Å². The van der Waals surface area contributed by atoms with Crippen molar-refractivity contribution in [2.45, 2.75) is 78.2 Å². The molecule has 0 unspecified atom stereocenters. The SMILES string of the molecule is C.CCC[C@@H]1CCCN1Cc1sc(CC(=O)c2cnc(N3CCC(C(=O)O)CC3)cn2)nc1-c1cc(Cl)cc(OC(F)(F)F)c1. The second-order valence-corrected chi connectivity index (χ2v) is 12.7. The molecule has 244 valence electrons. The van der Waals surface area contributed by atoms with Gasteiger partial charge in [0.05, 0.1) is 30.4 Å². The highest BCUT2D eigenvalue weighted by atomic mass is 35.5. The molecule has 4 heterocycles. The number of thiazole rings is 1. The fourth-order valence-electron chi connectivity index (χ4n) is 5.86. The number of likely N-dealkylation sites (tertiary alicyclic amines) is 1. The van der Waals surface area contributed by atoms with Crippen LogP contribution in [0.5, 0.6) is 5.75 Å². The van der Waals surface area contributed by atoms with Crippen LogP contribution in [0, 0.1) is 5.92 Å². The average molecular weight is 668 g/mol. The molecule has 1 atom stereocenters. The third-order valence-electron chi connectivity index (χ3n) is 7.99. The molecule has 2 saturated heterocycles. The van der Waals surface area contributed by atoms with Gasteiger partial charge in [-0.1, -0.05) is 32.4 Å². The molecule has 1 N–H and O–H groups in total. The number of halogens is 4. The molecule has 5 rings (SSSR count). The number of alkyl halides is 3. The van der Waals surface area contributed by atoms with E-state index in [1.54, 1.807) is 6.07 Å². The van der Waals surface area contributed by atoms with Gasteiger partial charge in [0.25, 0.3) is 0 Å². The first-order valence-corrected chi connectivity index (χ1v) is 15.8. The lowest BCUT2D eigenvalue weighted by Crippen LogP contribution is -2.36. The minimum Gasteiger partial charge on any atom is -0.481 e. The van der Waals surface area contributed by atoms with Crippen molar-refractivity contribution in [2.75, 3.05) is 24.5 Å². The summed E-state index contributed by atoms with van der Waals surface area (Å²) in [6.45, 7) is 4.69. The van der Waals surface area contributed by atoms with Crippen molar-refractivity contribution in [2.24, 2.45) is 5.92 Å². The number of hydrogen-bond donors (Lipinski definition) is 1. The van der Waals surface area contributed by atoms with Crippen LogP contribution in [0.25, 0.3) is 11.3 Å². The quantitative estimate of drug-likeness (QED) is 0.211. The van der Waals surface area contributed by atoms with Crippen LogP contribution in [-0.4, -0.2) is 68.7 Å². The largest absolute Gasteiger partial charge is 0.573 e. The van der Waals surface area contributed by atoms with Gasteiger partial charge < -0.3 is 14.7 Å². The summed E-state index contributed by atoms with van der Waals surface area (Å²) in [4.78, 5) is 43.1. The van der Waals surface area contributed by atoms with Gasteiger partial charge in [0, 0.05) is 41.1 Å². The summed E-state index contributed by atoms with van der Waals surface area (Å²) >= 11 is 7.55. The molecule has 0 saturated carbocycles. The minimum atomic E-state index is -4.88. The van der Waals surface area contributed by atoms with Crippen molar-refractivity contribution in [3.05, 3.63) is 51.2 Å². The van der Waals surface area contributed by atoms with Gasteiger partial charge >= 0.3 is 12.3 Å². The molecule has 2 aliphatic heterocycles. The summed E-state index contributed by atoms with van der Waals surface area (Å²) in [5.41, 5.74) is 1.02. The van der Waals surface area contributed by atoms with Gasteiger partial charge in [-0.25, -0.2) is 15.0 Å². The van der Waals surface area contributed by atoms with Gasteiger partial charge in [-0.3, -0.25) is 14.5 Å². The van der Waals surface area contributed by atoms with E-state index in [0.29, 0.717) is 60.6 Å². The number of aromatic nitrogens is 3. The Morgan fingerprint density at radius 2 is 1.87 bits per heavy atom. The highest BCUT2D eigenvalue weighted by molar-refractivity contribution is 7.12. The predicted molar refractivity (Wildman–Crippen MR) is 167 cm³/mol. The standard InChI is InChI=1S/C30H33ClF3N5O4S.CH4/c1-2-4-21-5-3-8-39(21)17-25-28(19-11-20(31)13-22(12-19)43-30(32,33)34)37-27(44-25)14-24(40)23-15-36-26(16-35-23)38-9-6-18(7-10-38)29(41)42;/h11-13,15-16,18,21H,2-10,14,17H2,1H3,(H,41,42);1H4/t21-;/m1./s1. The molecule has 2 fully saturated rings.